The molecule has 0 amide bonds. The molecular weight excluding hydrogens is 247 g/mol. The highest BCUT2D eigenvalue weighted by molar-refractivity contribution is 5.69. The smallest absolute Gasteiger partial charge is 0.148 e. The van der Waals surface area contributed by atoms with Gasteiger partial charge in [-0.1, -0.05) is 0 Å². The third kappa shape index (κ3) is 2.88. The Kier molecular flexibility index (Phi) is 3.75. The lowest BCUT2D eigenvalue weighted by molar-refractivity contribution is 0.405. The molecule has 0 radical (unpaired) electrons. The van der Waals surface area contributed by atoms with E-state index in [1.807, 2.05) is 0 Å². The van der Waals surface area contributed by atoms with E-state index in [1.54, 1.807) is 44.6 Å². The van der Waals surface area contributed by atoms with Crippen LogP contribution in [-0.4, -0.2) is 14.2 Å². The van der Waals surface area contributed by atoms with Crippen molar-refractivity contribution >= 4 is 17.1 Å². The molecule has 4 nitrogen and oxygen atoms in total. The highest BCUT2D eigenvalue weighted by Crippen LogP contribution is 2.32. The van der Waals surface area contributed by atoms with E-state index in [0.29, 0.717) is 28.6 Å². The maximum absolute atomic E-state index is 13.7. The average molecular weight is 262 g/mol. The van der Waals surface area contributed by atoms with Gasteiger partial charge in [-0.3, -0.25) is 0 Å². The Morgan fingerprint density at radius 2 is 1.79 bits per heavy atom. The molecule has 0 aliphatic heterocycles. The molecule has 0 saturated heterocycles. The second kappa shape index (κ2) is 5.48. The Morgan fingerprint density at radius 1 is 1.00 bits per heavy atom. The Balaban J connectivity index is 2.36. The van der Waals surface area contributed by atoms with Gasteiger partial charge in [0.2, 0.25) is 0 Å². The standard InChI is InChI=1S/C14H15FN2O2/c1-18-10-4-6-14(19-2)13(8-10)17-12-5-3-9(16)7-11(12)15/h3-8,17H,16H2,1-2H3. The number of nitrogens with two attached hydrogens (primary N) is 1. The number of halogens is 1. The number of nitrogen functional groups attached to an aromatic ring is 1. The van der Waals surface area contributed by atoms with Gasteiger partial charge in [0.05, 0.1) is 25.6 Å². The molecule has 3 N–H and O–H groups in total. The van der Waals surface area contributed by atoms with Gasteiger partial charge in [0.25, 0.3) is 0 Å². The van der Waals surface area contributed by atoms with Crippen molar-refractivity contribution < 1.29 is 13.9 Å². The Labute approximate surface area is 111 Å². The van der Waals surface area contributed by atoms with Crippen LogP contribution >= 0.6 is 0 Å². The summed E-state index contributed by atoms with van der Waals surface area (Å²) in [7, 11) is 3.11. The van der Waals surface area contributed by atoms with Gasteiger partial charge >= 0.3 is 0 Å². The summed E-state index contributed by atoms with van der Waals surface area (Å²) in [5.41, 5.74) is 6.82. The number of hydrogen-bond donors (Lipinski definition) is 2. The molecule has 0 heterocycles. The summed E-state index contributed by atoms with van der Waals surface area (Å²) in [4.78, 5) is 0. The van der Waals surface area contributed by atoms with Crippen LogP contribution < -0.4 is 20.5 Å². The highest BCUT2D eigenvalue weighted by atomic mass is 19.1. The van der Waals surface area contributed by atoms with Crippen molar-refractivity contribution in [2.45, 2.75) is 0 Å². The van der Waals surface area contributed by atoms with Crippen molar-refractivity contribution in [3.8, 4) is 11.5 Å². The summed E-state index contributed by atoms with van der Waals surface area (Å²) in [6, 6.07) is 9.70. The zero-order valence-corrected chi connectivity index (χ0v) is 10.7. The molecule has 0 saturated carbocycles. The van der Waals surface area contributed by atoms with E-state index >= 15 is 0 Å². The van der Waals surface area contributed by atoms with Crippen molar-refractivity contribution in [1.29, 1.82) is 0 Å². The number of methoxy groups -OCH3 is 2. The molecule has 0 fully saturated rings. The summed E-state index contributed by atoms with van der Waals surface area (Å²) in [5.74, 6) is 0.820. The fourth-order valence-corrected chi connectivity index (χ4v) is 1.69. The van der Waals surface area contributed by atoms with Gasteiger partial charge in [0.1, 0.15) is 17.3 Å². The predicted molar refractivity (Wildman–Crippen MR) is 73.6 cm³/mol. The van der Waals surface area contributed by atoms with E-state index in [0.717, 1.165) is 0 Å². The molecule has 0 aromatic heterocycles. The van der Waals surface area contributed by atoms with Crippen LogP contribution in [0.4, 0.5) is 21.5 Å². The van der Waals surface area contributed by atoms with E-state index in [9.17, 15) is 4.39 Å². The first-order chi connectivity index (χ1) is 9.13. The van der Waals surface area contributed by atoms with Crippen LogP contribution in [0.3, 0.4) is 0 Å². The summed E-state index contributed by atoms with van der Waals surface area (Å²) in [5, 5.41) is 2.96. The van der Waals surface area contributed by atoms with Crippen LogP contribution in [0.2, 0.25) is 0 Å². The zero-order valence-electron chi connectivity index (χ0n) is 10.7. The molecular formula is C14H15FN2O2. The maximum Gasteiger partial charge on any atom is 0.148 e. The minimum absolute atomic E-state index is 0.320. The summed E-state index contributed by atoms with van der Waals surface area (Å²) >= 11 is 0. The van der Waals surface area contributed by atoms with Gasteiger partial charge in [0, 0.05) is 11.8 Å². The molecule has 2 rings (SSSR count). The third-order valence-electron chi connectivity index (χ3n) is 2.67. The lowest BCUT2D eigenvalue weighted by atomic mass is 10.2. The second-order valence-electron chi connectivity index (χ2n) is 3.93. The predicted octanol–water partition coefficient (Wildman–Crippen LogP) is 3.17. The quantitative estimate of drug-likeness (QED) is 0.831. The number of anilines is 3. The summed E-state index contributed by atoms with van der Waals surface area (Å²) in [6.45, 7) is 0. The van der Waals surface area contributed by atoms with E-state index in [4.69, 9.17) is 15.2 Å². The largest absolute Gasteiger partial charge is 0.497 e. The van der Waals surface area contributed by atoms with Gasteiger partial charge < -0.3 is 20.5 Å². The minimum Gasteiger partial charge on any atom is -0.497 e. The number of ether oxygens (including phenoxy) is 2. The van der Waals surface area contributed by atoms with E-state index in [2.05, 4.69) is 5.32 Å². The first-order valence-electron chi connectivity index (χ1n) is 5.68. The molecule has 0 aliphatic carbocycles. The van der Waals surface area contributed by atoms with Gasteiger partial charge in [-0.25, -0.2) is 4.39 Å². The highest BCUT2D eigenvalue weighted by Gasteiger charge is 2.08. The van der Waals surface area contributed by atoms with Crippen molar-refractivity contribution in [1.82, 2.24) is 0 Å². The first-order valence-corrected chi connectivity index (χ1v) is 5.68. The number of rotatable bonds is 4. The molecule has 2 aromatic rings. The number of benzene rings is 2. The number of hydrogen-bond acceptors (Lipinski definition) is 4. The van der Waals surface area contributed by atoms with Gasteiger partial charge in [-0.2, -0.15) is 0 Å². The molecule has 0 bridgehead atoms. The molecule has 0 spiro atoms. The molecule has 100 valence electrons. The van der Waals surface area contributed by atoms with Crippen molar-refractivity contribution in [3.63, 3.8) is 0 Å². The molecule has 2 aromatic carbocycles. The molecule has 5 heteroatoms. The number of nitrogens with one attached hydrogen (secondary N) is 1. The molecule has 0 atom stereocenters. The van der Waals surface area contributed by atoms with Gasteiger partial charge in [0.15, 0.2) is 0 Å². The van der Waals surface area contributed by atoms with E-state index in [-0.39, 0.29) is 0 Å². The second-order valence-corrected chi connectivity index (χ2v) is 3.93. The fraction of sp³-hybridized carbons (Fsp3) is 0.143. The van der Waals surface area contributed by atoms with Crippen LogP contribution in [0, 0.1) is 5.82 Å². The van der Waals surface area contributed by atoms with Crippen LogP contribution in [0.5, 0.6) is 11.5 Å². The van der Waals surface area contributed by atoms with Crippen LogP contribution in [-0.2, 0) is 0 Å². The first kappa shape index (κ1) is 13.0. The van der Waals surface area contributed by atoms with Crippen molar-refractivity contribution in [3.05, 3.63) is 42.2 Å². The van der Waals surface area contributed by atoms with Crippen LogP contribution in [0.15, 0.2) is 36.4 Å². The average Bonchev–Trinajstić information content (AvgIpc) is 2.41. The molecule has 19 heavy (non-hydrogen) atoms. The lowest BCUT2D eigenvalue weighted by Gasteiger charge is -2.13. The normalized spacial score (nSPS) is 10.1. The van der Waals surface area contributed by atoms with Crippen molar-refractivity contribution in [2.24, 2.45) is 0 Å². The molecule has 0 aliphatic rings. The topological polar surface area (TPSA) is 56.5 Å². The minimum atomic E-state index is -0.426. The van der Waals surface area contributed by atoms with Gasteiger partial charge in [-0.15, -0.1) is 0 Å². The van der Waals surface area contributed by atoms with Crippen LogP contribution in [0.1, 0.15) is 0 Å². The van der Waals surface area contributed by atoms with Crippen molar-refractivity contribution in [2.75, 3.05) is 25.3 Å². The Hall–Kier alpha value is -2.43. The molecule has 0 unspecified atom stereocenters. The lowest BCUT2D eigenvalue weighted by Crippen LogP contribution is -1.98. The van der Waals surface area contributed by atoms with E-state index in [1.165, 1.54) is 6.07 Å². The third-order valence-corrected chi connectivity index (χ3v) is 2.67. The SMILES string of the molecule is COc1ccc(OC)c(Nc2ccc(N)cc2F)c1. The van der Waals surface area contributed by atoms with E-state index < -0.39 is 5.82 Å². The monoisotopic (exact) mass is 262 g/mol. The maximum atomic E-state index is 13.7. The Morgan fingerprint density at radius 3 is 2.42 bits per heavy atom. The van der Waals surface area contributed by atoms with Crippen LogP contribution in [0.25, 0.3) is 0 Å². The summed E-state index contributed by atoms with van der Waals surface area (Å²) < 4.78 is 24.1. The van der Waals surface area contributed by atoms with Gasteiger partial charge in [-0.05, 0) is 30.3 Å². The Bertz CT molecular complexity index is 588. The zero-order chi connectivity index (χ0) is 13.8. The fourth-order valence-electron chi connectivity index (χ4n) is 1.69. The summed E-state index contributed by atoms with van der Waals surface area (Å²) in [6.07, 6.45) is 0.